The number of benzene rings is 2. The fourth-order valence-electron chi connectivity index (χ4n) is 2.65. The van der Waals surface area contributed by atoms with Gasteiger partial charge in [-0.3, -0.25) is 9.59 Å². The van der Waals surface area contributed by atoms with Gasteiger partial charge in [0.2, 0.25) is 5.91 Å². The molecule has 3 rings (SSSR count). The number of carbonyl (C=O) groups excluding carboxylic acids is 3. The highest BCUT2D eigenvalue weighted by Gasteiger charge is 2.20. The summed E-state index contributed by atoms with van der Waals surface area (Å²) in [7, 11) is 1.26. The summed E-state index contributed by atoms with van der Waals surface area (Å²) in [4.78, 5) is 36.6. The first kappa shape index (κ1) is 21.4. The highest BCUT2D eigenvalue weighted by Crippen LogP contribution is 2.27. The van der Waals surface area contributed by atoms with Crippen LogP contribution in [0.1, 0.15) is 23.0 Å². The van der Waals surface area contributed by atoms with Gasteiger partial charge >= 0.3 is 11.9 Å². The normalized spacial score (nSPS) is 11.7. The van der Waals surface area contributed by atoms with Crippen molar-refractivity contribution in [3.05, 3.63) is 53.8 Å². The second-order valence-corrected chi connectivity index (χ2v) is 7.76. The van der Waals surface area contributed by atoms with Gasteiger partial charge in [0.15, 0.2) is 5.82 Å². The van der Waals surface area contributed by atoms with Crippen LogP contribution in [0.2, 0.25) is 0 Å². The number of fused-ring (bicyclic) bond motifs is 1. The van der Waals surface area contributed by atoms with Crippen molar-refractivity contribution in [2.45, 2.75) is 19.1 Å². The molecule has 8 nitrogen and oxygen atoms in total. The monoisotopic (exact) mass is 428 g/mol. The number of nitrogens with one attached hydrogen (secondary N) is 1. The van der Waals surface area contributed by atoms with Crippen molar-refractivity contribution in [2.24, 2.45) is 0 Å². The lowest BCUT2D eigenvalue weighted by Crippen LogP contribution is -2.24. The lowest BCUT2D eigenvalue weighted by Gasteiger charge is -2.12. The number of hydrogen-bond donors (Lipinski definition) is 1. The van der Waals surface area contributed by atoms with Crippen molar-refractivity contribution < 1.29 is 28.4 Å². The molecule has 30 heavy (non-hydrogen) atoms. The second kappa shape index (κ2) is 9.45. The molecule has 0 fully saturated rings. The number of thioether (sulfide) groups is 1. The molecule has 0 bridgehead atoms. The summed E-state index contributed by atoms with van der Waals surface area (Å²) >= 11 is 1.10. The molecule has 156 valence electrons. The van der Waals surface area contributed by atoms with Crippen LogP contribution in [-0.2, 0) is 14.3 Å². The quantitative estimate of drug-likeness (QED) is 0.449. The van der Waals surface area contributed by atoms with Crippen LogP contribution in [0.25, 0.3) is 10.8 Å². The van der Waals surface area contributed by atoms with Crippen molar-refractivity contribution in [3.8, 4) is 5.75 Å². The van der Waals surface area contributed by atoms with E-state index in [0.29, 0.717) is 11.6 Å². The molecule has 1 atom stereocenters. The zero-order chi connectivity index (χ0) is 21.7. The molecule has 0 aliphatic rings. The molecule has 1 aromatic heterocycles. The van der Waals surface area contributed by atoms with Gasteiger partial charge in [0, 0.05) is 6.07 Å². The van der Waals surface area contributed by atoms with Crippen molar-refractivity contribution >= 4 is 46.2 Å². The zero-order valence-corrected chi connectivity index (χ0v) is 17.4. The summed E-state index contributed by atoms with van der Waals surface area (Å²) < 4.78 is 15.1. The van der Waals surface area contributed by atoms with Gasteiger partial charge in [-0.05, 0) is 36.8 Å². The van der Waals surface area contributed by atoms with E-state index in [1.165, 1.54) is 7.11 Å². The van der Waals surface area contributed by atoms with Crippen LogP contribution >= 0.6 is 11.8 Å². The van der Waals surface area contributed by atoms with E-state index in [9.17, 15) is 14.4 Å². The molecule has 0 aliphatic carbocycles. The summed E-state index contributed by atoms with van der Waals surface area (Å²) in [5, 5.41) is 7.41. The summed E-state index contributed by atoms with van der Waals surface area (Å²) in [6.07, 6.45) is 0. The van der Waals surface area contributed by atoms with Gasteiger partial charge in [0.1, 0.15) is 17.1 Å². The molecule has 0 saturated carbocycles. The van der Waals surface area contributed by atoms with Crippen LogP contribution in [0.15, 0.2) is 47.0 Å². The first-order chi connectivity index (χ1) is 14.4. The Morgan fingerprint density at radius 2 is 1.87 bits per heavy atom. The summed E-state index contributed by atoms with van der Waals surface area (Å²) in [5.74, 6) is -0.593. The van der Waals surface area contributed by atoms with Gasteiger partial charge < -0.3 is 19.3 Å². The molecule has 9 heteroatoms. The second-order valence-electron chi connectivity index (χ2n) is 6.43. The topological polar surface area (TPSA) is 108 Å². The summed E-state index contributed by atoms with van der Waals surface area (Å²) in [6, 6.07) is 12.2. The third-order valence-corrected chi connectivity index (χ3v) is 5.29. The van der Waals surface area contributed by atoms with E-state index in [4.69, 9.17) is 14.0 Å². The lowest BCUT2D eigenvalue weighted by molar-refractivity contribution is -0.131. The molecule has 3 aromatic rings. The molecule has 0 radical (unpaired) electrons. The maximum atomic E-state index is 12.3. The first-order valence-electron chi connectivity index (χ1n) is 9.05. The van der Waals surface area contributed by atoms with Gasteiger partial charge in [-0.15, -0.1) is 11.8 Å². The van der Waals surface area contributed by atoms with E-state index in [1.54, 1.807) is 32.0 Å². The van der Waals surface area contributed by atoms with Crippen LogP contribution in [0.3, 0.4) is 0 Å². The predicted octanol–water partition coefficient (Wildman–Crippen LogP) is 3.59. The average Bonchev–Trinajstić information content (AvgIpc) is 3.15. The maximum absolute atomic E-state index is 12.3. The molecule has 1 unspecified atom stereocenters. The number of carbonyl (C=O) groups is 3. The highest BCUT2D eigenvalue weighted by atomic mass is 32.2. The summed E-state index contributed by atoms with van der Waals surface area (Å²) in [5.41, 5.74) is 0.154. The molecule has 1 heterocycles. The SMILES string of the molecule is COC(=O)c1cc2ccccc2cc1OC(=O)CSC(C)C(=O)Nc1cc(C)on1. The van der Waals surface area contributed by atoms with Gasteiger partial charge in [-0.2, -0.15) is 0 Å². The van der Waals surface area contributed by atoms with Crippen molar-refractivity contribution in [1.29, 1.82) is 0 Å². The molecule has 2 aromatic carbocycles. The lowest BCUT2D eigenvalue weighted by atomic mass is 10.1. The number of methoxy groups -OCH3 is 1. The molecule has 0 aliphatic heterocycles. The number of hydrogen-bond acceptors (Lipinski definition) is 8. The van der Waals surface area contributed by atoms with Crippen LogP contribution in [0, 0.1) is 6.92 Å². The van der Waals surface area contributed by atoms with Crippen LogP contribution in [0.5, 0.6) is 5.75 Å². The standard InChI is InChI=1S/C21H20N2O6S/c1-12-8-18(23-29-12)22-20(25)13(2)30-11-19(24)28-17-10-15-7-5-4-6-14(15)9-16(17)21(26)27-3/h4-10,13H,11H2,1-3H3,(H,22,23,25). The van der Waals surface area contributed by atoms with Gasteiger partial charge in [0.25, 0.3) is 0 Å². The fraction of sp³-hybridized carbons (Fsp3) is 0.238. The Balaban J connectivity index is 1.64. The molecule has 1 amide bonds. The Morgan fingerprint density at radius 1 is 1.17 bits per heavy atom. The third kappa shape index (κ3) is 5.18. The van der Waals surface area contributed by atoms with Crippen molar-refractivity contribution in [3.63, 3.8) is 0 Å². The van der Waals surface area contributed by atoms with E-state index in [1.807, 2.05) is 24.3 Å². The van der Waals surface area contributed by atoms with Crippen molar-refractivity contribution in [2.75, 3.05) is 18.2 Å². The Labute approximate surface area is 176 Å². The molecular formula is C21H20N2O6S. The third-order valence-electron chi connectivity index (χ3n) is 4.18. The van der Waals surface area contributed by atoms with E-state index < -0.39 is 17.2 Å². The number of aryl methyl sites for hydroxylation is 1. The number of nitrogens with zero attached hydrogens (tertiary/aromatic N) is 1. The van der Waals surface area contributed by atoms with Crippen LogP contribution in [-0.4, -0.2) is 41.1 Å². The van der Waals surface area contributed by atoms with E-state index in [-0.39, 0.29) is 23.0 Å². The predicted molar refractivity (Wildman–Crippen MR) is 113 cm³/mol. The summed E-state index contributed by atoms with van der Waals surface area (Å²) in [6.45, 7) is 3.38. The Kier molecular flexibility index (Phi) is 6.73. The van der Waals surface area contributed by atoms with Gasteiger partial charge in [-0.1, -0.05) is 29.4 Å². The van der Waals surface area contributed by atoms with Crippen LogP contribution in [0.4, 0.5) is 5.82 Å². The average molecular weight is 428 g/mol. The number of amides is 1. The minimum Gasteiger partial charge on any atom is -0.465 e. The largest absolute Gasteiger partial charge is 0.465 e. The number of anilines is 1. The van der Waals surface area contributed by atoms with E-state index >= 15 is 0 Å². The van der Waals surface area contributed by atoms with E-state index in [0.717, 1.165) is 22.5 Å². The molecular weight excluding hydrogens is 408 g/mol. The first-order valence-corrected chi connectivity index (χ1v) is 10.1. The van der Waals surface area contributed by atoms with Crippen LogP contribution < -0.4 is 10.1 Å². The van der Waals surface area contributed by atoms with Gasteiger partial charge in [-0.25, -0.2) is 4.79 Å². The number of esters is 2. The Bertz CT molecular complexity index is 1090. The highest BCUT2D eigenvalue weighted by molar-refractivity contribution is 8.01. The Morgan fingerprint density at radius 3 is 2.50 bits per heavy atom. The number of ether oxygens (including phenoxy) is 2. The smallest absolute Gasteiger partial charge is 0.341 e. The molecule has 1 N–H and O–H groups in total. The molecule has 0 spiro atoms. The molecule has 0 saturated heterocycles. The fourth-order valence-corrected chi connectivity index (χ4v) is 3.30. The number of rotatable bonds is 7. The van der Waals surface area contributed by atoms with E-state index in [2.05, 4.69) is 10.5 Å². The van der Waals surface area contributed by atoms with Gasteiger partial charge in [0.05, 0.1) is 18.1 Å². The maximum Gasteiger partial charge on any atom is 0.341 e. The van der Waals surface area contributed by atoms with Crippen molar-refractivity contribution in [1.82, 2.24) is 5.16 Å². The minimum atomic E-state index is -0.605. The Hall–Kier alpha value is -3.33. The zero-order valence-electron chi connectivity index (χ0n) is 16.6. The minimum absolute atomic E-state index is 0.0835. The number of aromatic nitrogens is 1.